The number of hydrogen-bond acceptors (Lipinski definition) is 3. The SMILES string of the molecule is O=C(O)c1cccc2ncn(CCSC(F)(F)F)c12. The molecule has 0 spiro atoms. The van der Waals surface area contributed by atoms with Gasteiger partial charge in [0.25, 0.3) is 0 Å². The maximum atomic E-state index is 12.0. The molecule has 1 aromatic heterocycles. The molecule has 2 aromatic rings. The second-order valence-corrected chi connectivity index (χ2v) is 4.87. The second-order valence-electron chi connectivity index (χ2n) is 3.71. The van der Waals surface area contributed by atoms with Gasteiger partial charge in [-0.15, -0.1) is 0 Å². The van der Waals surface area contributed by atoms with Crippen LogP contribution in [0.2, 0.25) is 0 Å². The summed E-state index contributed by atoms with van der Waals surface area (Å²) in [5.74, 6) is -1.32. The molecule has 1 heterocycles. The van der Waals surface area contributed by atoms with E-state index in [0.717, 1.165) is 0 Å². The molecule has 0 radical (unpaired) electrons. The Bertz CT molecular complexity index is 609. The first-order valence-electron chi connectivity index (χ1n) is 5.26. The number of thioether (sulfide) groups is 1. The molecule has 0 aliphatic rings. The molecule has 1 aromatic carbocycles. The minimum Gasteiger partial charge on any atom is -0.478 e. The smallest absolute Gasteiger partial charge is 0.441 e. The van der Waals surface area contributed by atoms with Gasteiger partial charge < -0.3 is 9.67 Å². The van der Waals surface area contributed by atoms with Crippen LogP contribution in [0.5, 0.6) is 0 Å². The number of hydrogen-bond donors (Lipinski definition) is 1. The highest BCUT2D eigenvalue weighted by Gasteiger charge is 2.27. The minimum atomic E-state index is -4.29. The molecule has 1 N–H and O–H groups in total. The van der Waals surface area contributed by atoms with E-state index in [4.69, 9.17) is 5.11 Å². The Morgan fingerprint density at radius 1 is 1.42 bits per heavy atom. The summed E-state index contributed by atoms with van der Waals surface area (Å²) in [7, 11) is 0. The Morgan fingerprint density at radius 2 is 2.16 bits per heavy atom. The lowest BCUT2D eigenvalue weighted by molar-refractivity contribution is -0.0328. The molecule has 8 heteroatoms. The van der Waals surface area contributed by atoms with Crippen molar-refractivity contribution in [3.63, 3.8) is 0 Å². The van der Waals surface area contributed by atoms with Crippen LogP contribution in [0.25, 0.3) is 11.0 Å². The van der Waals surface area contributed by atoms with Crippen molar-refractivity contribution in [1.29, 1.82) is 0 Å². The van der Waals surface area contributed by atoms with Gasteiger partial charge in [0.15, 0.2) is 0 Å². The minimum absolute atomic E-state index is 0.0343. The topological polar surface area (TPSA) is 55.1 Å². The zero-order valence-electron chi connectivity index (χ0n) is 9.52. The van der Waals surface area contributed by atoms with Crippen LogP contribution in [0.15, 0.2) is 24.5 Å². The van der Waals surface area contributed by atoms with Crippen LogP contribution in [-0.4, -0.2) is 31.9 Å². The number of nitrogens with zero attached hydrogens (tertiary/aromatic N) is 2. The Balaban J connectivity index is 2.26. The van der Waals surface area contributed by atoms with Crippen molar-refractivity contribution < 1.29 is 23.1 Å². The van der Waals surface area contributed by atoms with Crippen LogP contribution in [0.1, 0.15) is 10.4 Å². The van der Waals surface area contributed by atoms with Crippen LogP contribution in [0.3, 0.4) is 0 Å². The van der Waals surface area contributed by atoms with Crippen molar-refractivity contribution in [2.75, 3.05) is 5.75 Å². The fraction of sp³-hybridized carbons (Fsp3) is 0.273. The molecule has 0 aliphatic heterocycles. The first-order chi connectivity index (χ1) is 8.88. The number of carboxylic acid groups (broad SMARTS) is 1. The normalized spacial score (nSPS) is 11.9. The van der Waals surface area contributed by atoms with E-state index in [1.807, 2.05) is 0 Å². The number of aromatic nitrogens is 2. The molecule has 4 nitrogen and oxygen atoms in total. The first-order valence-corrected chi connectivity index (χ1v) is 6.25. The number of alkyl halides is 3. The zero-order chi connectivity index (χ0) is 14.0. The highest BCUT2D eigenvalue weighted by molar-refractivity contribution is 8.00. The molecule has 0 saturated heterocycles. The fourth-order valence-corrected chi connectivity index (χ4v) is 2.25. The van der Waals surface area contributed by atoms with Gasteiger partial charge in [-0.3, -0.25) is 0 Å². The highest BCUT2D eigenvalue weighted by Crippen LogP contribution is 2.30. The molecule has 0 bridgehead atoms. The lowest BCUT2D eigenvalue weighted by Gasteiger charge is -2.08. The summed E-state index contributed by atoms with van der Waals surface area (Å²) in [6.07, 6.45) is 1.36. The van der Waals surface area contributed by atoms with Gasteiger partial charge in [0, 0.05) is 12.3 Å². The van der Waals surface area contributed by atoms with E-state index in [1.165, 1.54) is 17.0 Å². The van der Waals surface area contributed by atoms with Crippen molar-refractivity contribution in [3.8, 4) is 0 Å². The summed E-state index contributed by atoms with van der Waals surface area (Å²) in [6.45, 7) is 0.0466. The largest absolute Gasteiger partial charge is 0.478 e. The molecule has 0 aliphatic carbocycles. The molecule has 102 valence electrons. The summed E-state index contributed by atoms with van der Waals surface area (Å²) in [4.78, 5) is 15.1. The summed E-state index contributed by atoms with van der Waals surface area (Å²) >= 11 is -0.141. The summed E-state index contributed by atoms with van der Waals surface area (Å²) in [5, 5.41) is 9.05. The van der Waals surface area contributed by atoms with E-state index in [2.05, 4.69) is 4.98 Å². The van der Waals surface area contributed by atoms with E-state index in [9.17, 15) is 18.0 Å². The Labute approximate surface area is 110 Å². The Morgan fingerprint density at radius 3 is 2.79 bits per heavy atom. The highest BCUT2D eigenvalue weighted by atomic mass is 32.2. The first kappa shape index (κ1) is 13.7. The molecular formula is C11H9F3N2O2S. The predicted octanol–water partition coefficient (Wildman–Crippen LogP) is 2.99. The van der Waals surface area contributed by atoms with E-state index in [1.54, 1.807) is 12.1 Å². The molecule has 0 atom stereocenters. The average Bonchev–Trinajstić information content (AvgIpc) is 2.70. The molecule has 0 saturated carbocycles. The Hall–Kier alpha value is -1.70. The van der Waals surface area contributed by atoms with Crippen LogP contribution >= 0.6 is 11.8 Å². The molecule has 0 unspecified atom stereocenters. The van der Waals surface area contributed by atoms with Gasteiger partial charge in [-0.2, -0.15) is 13.2 Å². The average molecular weight is 290 g/mol. The molecule has 0 amide bonds. The van der Waals surface area contributed by atoms with Crippen molar-refractivity contribution in [2.45, 2.75) is 12.1 Å². The maximum Gasteiger partial charge on any atom is 0.441 e. The third-order valence-electron chi connectivity index (χ3n) is 2.47. The lowest BCUT2D eigenvalue weighted by Crippen LogP contribution is -2.08. The van der Waals surface area contributed by atoms with Crippen LogP contribution < -0.4 is 0 Å². The molecular weight excluding hydrogens is 281 g/mol. The number of imidazole rings is 1. The summed E-state index contributed by atoms with van der Waals surface area (Å²) < 4.78 is 37.6. The number of para-hydroxylation sites is 1. The monoisotopic (exact) mass is 290 g/mol. The number of aromatic carboxylic acids is 1. The number of benzene rings is 1. The summed E-state index contributed by atoms with van der Waals surface area (Å²) in [6, 6.07) is 4.57. The van der Waals surface area contributed by atoms with E-state index in [0.29, 0.717) is 11.0 Å². The van der Waals surface area contributed by atoms with Crippen molar-refractivity contribution in [2.24, 2.45) is 0 Å². The second kappa shape index (κ2) is 5.12. The van der Waals surface area contributed by atoms with Gasteiger partial charge in [0.05, 0.1) is 22.9 Å². The zero-order valence-corrected chi connectivity index (χ0v) is 10.3. The van der Waals surface area contributed by atoms with Crippen LogP contribution in [0, 0.1) is 0 Å². The van der Waals surface area contributed by atoms with Gasteiger partial charge in [-0.05, 0) is 23.9 Å². The number of fused-ring (bicyclic) bond motifs is 1. The number of aryl methyl sites for hydroxylation is 1. The number of halogens is 3. The number of carboxylic acids is 1. The van der Waals surface area contributed by atoms with E-state index >= 15 is 0 Å². The van der Waals surface area contributed by atoms with Gasteiger partial charge in [-0.25, -0.2) is 9.78 Å². The maximum absolute atomic E-state index is 12.0. The quantitative estimate of drug-likeness (QED) is 0.940. The number of rotatable bonds is 4. The molecule has 19 heavy (non-hydrogen) atoms. The lowest BCUT2D eigenvalue weighted by atomic mass is 10.2. The van der Waals surface area contributed by atoms with Gasteiger partial charge in [0.2, 0.25) is 0 Å². The Kier molecular flexibility index (Phi) is 3.70. The van der Waals surface area contributed by atoms with Crippen LogP contribution in [-0.2, 0) is 6.54 Å². The fourth-order valence-electron chi connectivity index (χ4n) is 1.73. The third-order valence-corrected chi connectivity index (χ3v) is 3.18. The van der Waals surface area contributed by atoms with Crippen LogP contribution in [0.4, 0.5) is 13.2 Å². The van der Waals surface area contributed by atoms with Gasteiger partial charge in [-0.1, -0.05) is 6.07 Å². The molecule has 2 rings (SSSR count). The number of carbonyl (C=O) groups is 1. The van der Waals surface area contributed by atoms with E-state index in [-0.39, 0.29) is 29.6 Å². The van der Waals surface area contributed by atoms with Crippen molar-refractivity contribution >= 4 is 28.8 Å². The van der Waals surface area contributed by atoms with Crippen molar-refractivity contribution in [3.05, 3.63) is 30.1 Å². The standard InChI is InChI=1S/C11H9F3N2O2S/c12-11(13,14)19-5-4-16-6-15-8-3-1-2-7(9(8)16)10(17)18/h1-3,6H,4-5H2,(H,17,18). The third kappa shape index (κ3) is 3.19. The van der Waals surface area contributed by atoms with E-state index < -0.39 is 11.5 Å². The molecule has 0 fully saturated rings. The van der Waals surface area contributed by atoms with Crippen molar-refractivity contribution in [1.82, 2.24) is 9.55 Å². The predicted molar refractivity (Wildman–Crippen MR) is 65.2 cm³/mol. The van der Waals surface area contributed by atoms with Gasteiger partial charge in [0.1, 0.15) is 0 Å². The summed E-state index contributed by atoms with van der Waals surface area (Å²) in [5.41, 5.74) is -3.45. The van der Waals surface area contributed by atoms with Gasteiger partial charge >= 0.3 is 11.5 Å².